The lowest BCUT2D eigenvalue weighted by Crippen LogP contribution is -2.62. The van der Waals surface area contributed by atoms with E-state index in [1.54, 1.807) is 0 Å². The molecule has 0 radical (unpaired) electrons. The molecule has 1 fully saturated rings. The lowest BCUT2D eigenvalue weighted by molar-refractivity contribution is 0.0177. The summed E-state index contributed by atoms with van der Waals surface area (Å²) in [5, 5.41) is 12.9. The van der Waals surface area contributed by atoms with Crippen LogP contribution in [0.2, 0.25) is 0 Å². The van der Waals surface area contributed by atoms with Gasteiger partial charge >= 0.3 is 0 Å². The summed E-state index contributed by atoms with van der Waals surface area (Å²) in [6, 6.07) is 0. The highest BCUT2D eigenvalue weighted by Crippen LogP contribution is 2.20. The number of nitrogens with zero attached hydrogens (tertiary/aromatic N) is 2. The summed E-state index contributed by atoms with van der Waals surface area (Å²) in [5.74, 6) is 0. The fourth-order valence-corrected chi connectivity index (χ4v) is 2.56. The van der Waals surface area contributed by atoms with Gasteiger partial charge < -0.3 is 10.4 Å². The predicted octanol–water partition coefficient (Wildman–Crippen LogP) is 0.373. The molecule has 4 heteroatoms. The number of hydrogen-bond acceptors (Lipinski definition) is 4. The van der Waals surface area contributed by atoms with Crippen LogP contribution in [0.3, 0.4) is 0 Å². The van der Waals surface area contributed by atoms with Crippen LogP contribution in [-0.4, -0.2) is 72.4 Å². The van der Waals surface area contributed by atoms with Gasteiger partial charge in [0.1, 0.15) is 0 Å². The van der Waals surface area contributed by atoms with E-state index in [0.29, 0.717) is 0 Å². The highest BCUT2D eigenvalue weighted by Gasteiger charge is 2.34. The SMILES string of the molecule is CCNC(C)(CO)CN1CCN(C)C(C)(C)C1. The van der Waals surface area contributed by atoms with Gasteiger partial charge in [0.2, 0.25) is 0 Å². The molecule has 0 aromatic rings. The van der Waals surface area contributed by atoms with E-state index in [1.165, 1.54) is 0 Å². The maximum absolute atomic E-state index is 9.53. The number of nitrogens with one attached hydrogen (secondary N) is 1. The zero-order valence-electron chi connectivity index (χ0n) is 12.1. The molecule has 1 rings (SSSR count). The molecule has 2 N–H and O–H groups in total. The van der Waals surface area contributed by atoms with E-state index in [9.17, 15) is 5.11 Å². The number of likely N-dealkylation sites (N-methyl/N-ethyl adjacent to an activating group) is 2. The van der Waals surface area contributed by atoms with E-state index >= 15 is 0 Å². The van der Waals surface area contributed by atoms with Gasteiger partial charge in [-0.25, -0.2) is 0 Å². The van der Waals surface area contributed by atoms with Gasteiger partial charge in [-0.1, -0.05) is 6.92 Å². The normalized spacial score (nSPS) is 25.8. The fourth-order valence-electron chi connectivity index (χ4n) is 2.56. The van der Waals surface area contributed by atoms with Gasteiger partial charge in [-0.05, 0) is 34.4 Å². The van der Waals surface area contributed by atoms with Gasteiger partial charge in [-0.15, -0.1) is 0 Å². The lowest BCUT2D eigenvalue weighted by Gasteiger charge is -2.47. The van der Waals surface area contributed by atoms with Crippen LogP contribution in [0, 0.1) is 0 Å². The molecule has 1 atom stereocenters. The first-order valence-corrected chi connectivity index (χ1v) is 6.62. The molecule has 4 nitrogen and oxygen atoms in total. The maximum Gasteiger partial charge on any atom is 0.0623 e. The summed E-state index contributed by atoms with van der Waals surface area (Å²) in [7, 11) is 2.19. The Morgan fingerprint density at radius 1 is 1.35 bits per heavy atom. The molecule has 0 aromatic heterocycles. The van der Waals surface area contributed by atoms with Crippen molar-refractivity contribution in [2.75, 3.05) is 46.4 Å². The summed E-state index contributed by atoms with van der Waals surface area (Å²) >= 11 is 0. The maximum atomic E-state index is 9.53. The van der Waals surface area contributed by atoms with E-state index in [2.05, 4.69) is 49.9 Å². The van der Waals surface area contributed by atoms with Crippen molar-refractivity contribution in [3.63, 3.8) is 0 Å². The van der Waals surface area contributed by atoms with Gasteiger partial charge in [0, 0.05) is 31.7 Å². The molecule has 1 aliphatic rings. The van der Waals surface area contributed by atoms with E-state index < -0.39 is 0 Å². The molecule has 0 aliphatic carbocycles. The lowest BCUT2D eigenvalue weighted by atomic mass is 9.96. The van der Waals surface area contributed by atoms with Crippen LogP contribution in [0.25, 0.3) is 0 Å². The summed E-state index contributed by atoms with van der Waals surface area (Å²) in [5.41, 5.74) is 0.0432. The Labute approximate surface area is 106 Å². The minimum atomic E-state index is -0.180. The third-order valence-electron chi connectivity index (χ3n) is 3.92. The number of hydrogen-bond donors (Lipinski definition) is 2. The quantitative estimate of drug-likeness (QED) is 0.732. The molecule has 17 heavy (non-hydrogen) atoms. The van der Waals surface area contributed by atoms with Crippen LogP contribution < -0.4 is 5.32 Å². The van der Waals surface area contributed by atoms with Gasteiger partial charge in [-0.2, -0.15) is 0 Å². The van der Waals surface area contributed by atoms with E-state index in [-0.39, 0.29) is 17.7 Å². The highest BCUT2D eigenvalue weighted by atomic mass is 16.3. The number of piperazine rings is 1. The van der Waals surface area contributed by atoms with Crippen LogP contribution in [-0.2, 0) is 0 Å². The predicted molar refractivity (Wildman–Crippen MR) is 72.3 cm³/mol. The van der Waals surface area contributed by atoms with Crippen molar-refractivity contribution in [1.29, 1.82) is 0 Å². The Morgan fingerprint density at radius 3 is 2.47 bits per heavy atom. The fraction of sp³-hybridized carbons (Fsp3) is 1.00. The molecule has 0 spiro atoms. The summed E-state index contributed by atoms with van der Waals surface area (Å²) in [6.07, 6.45) is 0. The van der Waals surface area contributed by atoms with Gasteiger partial charge in [-0.3, -0.25) is 9.80 Å². The highest BCUT2D eigenvalue weighted by molar-refractivity contribution is 4.93. The molecule has 0 bridgehead atoms. The first-order chi connectivity index (χ1) is 7.83. The Balaban J connectivity index is 2.57. The minimum Gasteiger partial charge on any atom is -0.394 e. The van der Waals surface area contributed by atoms with Crippen LogP contribution in [0.4, 0.5) is 0 Å². The first kappa shape index (κ1) is 14.9. The summed E-state index contributed by atoms with van der Waals surface area (Å²) in [6.45, 7) is 14.0. The van der Waals surface area contributed by atoms with Crippen molar-refractivity contribution >= 4 is 0 Å². The Kier molecular flexibility index (Phi) is 4.95. The summed E-state index contributed by atoms with van der Waals surface area (Å²) in [4.78, 5) is 4.87. The monoisotopic (exact) mass is 243 g/mol. The van der Waals surface area contributed by atoms with Crippen LogP contribution >= 0.6 is 0 Å². The van der Waals surface area contributed by atoms with E-state index in [4.69, 9.17) is 0 Å². The molecule has 0 saturated carbocycles. The Bertz CT molecular complexity index is 245. The number of aliphatic hydroxyl groups is 1. The average Bonchev–Trinajstić information content (AvgIpc) is 2.23. The molecular formula is C13H29N3O. The zero-order valence-corrected chi connectivity index (χ0v) is 12.1. The molecular weight excluding hydrogens is 214 g/mol. The second-order valence-electron chi connectivity index (χ2n) is 6.19. The topological polar surface area (TPSA) is 38.7 Å². The summed E-state index contributed by atoms with van der Waals surface area (Å²) < 4.78 is 0. The second kappa shape index (κ2) is 5.65. The van der Waals surface area contributed by atoms with Crippen LogP contribution in [0.5, 0.6) is 0 Å². The standard InChI is InChI=1S/C13H29N3O/c1-6-14-13(4,11-17)10-16-8-7-15(5)12(2,3)9-16/h14,17H,6-11H2,1-5H3. The molecule has 0 amide bonds. The van der Waals surface area contributed by atoms with Crippen molar-refractivity contribution in [2.24, 2.45) is 0 Å². The van der Waals surface area contributed by atoms with Crippen molar-refractivity contribution in [2.45, 2.75) is 38.8 Å². The number of rotatable bonds is 5. The molecule has 0 aromatic carbocycles. The smallest absolute Gasteiger partial charge is 0.0623 e. The molecule has 1 unspecified atom stereocenters. The Hall–Kier alpha value is -0.160. The average molecular weight is 243 g/mol. The van der Waals surface area contributed by atoms with Crippen molar-refractivity contribution < 1.29 is 5.11 Å². The van der Waals surface area contributed by atoms with Crippen molar-refractivity contribution in [3.8, 4) is 0 Å². The molecule has 1 aliphatic heterocycles. The van der Waals surface area contributed by atoms with Gasteiger partial charge in [0.05, 0.1) is 12.1 Å². The zero-order chi connectivity index (χ0) is 13.1. The van der Waals surface area contributed by atoms with E-state index in [0.717, 1.165) is 32.7 Å². The second-order valence-corrected chi connectivity index (χ2v) is 6.19. The van der Waals surface area contributed by atoms with Crippen molar-refractivity contribution in [1.82, 2.24) is 15.1 Å². The largest absolute Gasteiger partial charge is 0.394 e. The molecule has 1 saturated heterocycles. The van der Waals surface area contributed by atoms with Crippen molar-refractivity contribution in [3.05, 3.63) is 0 Å². The van der Waals surface area contributed by atoms with E-state index in [1.807, 2.05) is 0 Å². The van der Waals surface area contributed by atoms with Crippen LogP contribution in [0.15, 0.2) is 0 Å². The third kappa shape index (κ3) is 3.91. The number of aliphatic hydroxyl groups excluding tert-OH is 1. The first-order valence-electron chi connectivity index (χ1n) is 6.62. The molecule has 102 valence electrons. The third-order valence-corrected chi connectivity index (χ3v) is 3.92. The molecule has 1 heterocycles. The van der Waals surface area contributed by atoms with Crippen LogP contribution in [0.1, 0.15) is 27.7 Å². The van der Waals surface area contributed by atoms with Gasteiger partial charge in [0.15, 0.2) is 0 Å². The minimum absolute atomic E-state index is 0.180. The Morgan fingerprint density at radius 2 is 2.00 bits per heavy atom. The van der Waals surface area contributed by atoms with Gasteiger partial charge in [0.25, 0.3) is 0 Å².